The SMILES string of the molecule is CC1(C)OCC(C)(C(O)Nc2cccc(-c3ccccc3)c2C(N)=O)CO1. The monoisotopic (exact) mass is 370 g/mol. The highest BCUT2D eigenvalue weighted by molar-refractivity contribution is 6.05. The lowest BCUT2D eigenvalue weighted by Crippen LogP contribution is -2.53. The number of amides is 1. The second kappa shape index (κ2) is 7.31. The van der Waals surface area contributed by atoms with Gasteiger partial charge < -0.3 is 25.6 Å². The molecule has 4 N–H and O–H groups in total. The molecule has 0 aliphatic carbocycles. The Bertz CT molecular complexity index is 810. The van der Waals surface area contributed by atoms with Crippen molar-refractivity contribution < 1.29 is 19.4 Å². The molecule has 144 valence electrons. The van der Waals surface area contributed by atoms with Crippen molar-refractivity contribution in [3.63, 3.8) is 0 Å². The molecule has 2 aromatic carbocycles. The maximum absolute atomic E-state index is 12.2. The minimum atomic E-state index is -0.988. The maximum atomic E-state index is 12.2. The Morgan fingerprint density at radius 1 is 1.07 bits per heavy atom. The molecule has 0 bridgehead atoms. The molecule has 0 saturated carbocycles. The van der Waals surface area contributed by atoms with E-state index in [4.69, 9.17) is 15.2 Å². The summed E-state index contributed by atoms with van der Waals surface area (Å²) in [7, 11) is 0. The molecule has 0 aromatic heterocycles. The van der Waals surface area contributed by atoms with Gasteiger partial charge >= 0.3 is 0 Å². The van der Waals surface area contributed by atoms with Crippen LogP contribution >= 0.6 is 0 Å². The van der Waals surface area contributed by atoms with E-state index in [9.17, 15) is 9.90 Å². The van der Waals surface area contributed by atoms with Gasteiger partial charge in [-0.05, 0) is 31.0 Å². The standard InChI is InChI=1S/C21H26N2O4/c1-20(2)26-12-21(3,13-27-20)19(25)23-16-11-7-10-15(17(16)18(22)24)14-8-5-4-6-9-14/h4-11,19,23,25H,12-13H2,1-3H3,(H2,22,24). The quantitative estimate of drug-likeness (QED) is 0.704. The zero-order valence-corrected chi connectivity index (χ0v) is 15.9. The van der Waals surface area contributed by atoms with Gasteiger partial charge in [-0.25, -0.2) is 0 Å². The Morgan fingerprint density at radius 3 is 2.30 bits per heavy atom. The number of hydrogen-bond acceptors (Lipinski definition) is 5. The summed E-state index contributed by atoms with van der Waals surface area (Å²) in [5, 5.41) is 13.8. The van der Waals surface area contributed by atoms with Gasteiger partial charge in [-0.1, -0.05) is 49.4 Å². The van der Waals surface area contributed by atoms with E-state index in [0.717, 1.165) is 5.56 Å². The lowest BCUT2D eigenvalue weighted by Gasteiger charge is -2.44. The van der Waals surface area contributed by atoms with Crippen molar-refractivity contribution in [1.82, 2.24) is 0 Å². The molecule has 0 radical (unpaired) electrons. The van der Waals surface area contributed by atoms with Crippen LogP contribution in [0.2, 0.25) is 0 Å². The van der Waals surface area contributed by atoms with Gasteiger partial charge in [0.25, 0.3) is 5.91 Å². The van der Waals surface area contributed by atoms with Gasteiger partial charge in [0.1, 0.15) is 6.23 Å². The number of aliphatic hydroxyl groups is 1. The van der Waals surface area contributed by atoms with Gasteiger partial charge in [-0.15, -0.1) is 0 Å². The number of primary amides is 1. The van der Waals surface area contributed by atoms with Crippen molar-refractivity contribution in [3.8, 4) is 11.1 Å². The number of benzene rings is 2. The summed E-state index contributed by atoms with van der Waals surface area (Å²) in [4.78, 5) is 12.2. The number of aliphatic hydroxyl groups excluding tert-OH is 1. The molecule has 1 heterocycles. The van der Waals surface area contributed by atoms with Crippen LogP contribution in [-0.4, -0.2) is 36.2 Å². The number of carbonyl (C=O) groups excluding carboxylic acids is 1. The van der Waals surface area contributed by atoms with E-state index >= 15 is 0 Å². The molecule has 6 nitrogen and oxygen atoms in total. The van der Waals surface area contributed by atoms with Gasteiger partial charge in [0.05, 0.1) is 24.2 Å². The first-order chi connectivity index (χ1) is 12.7. The molecule has 1 unspecified atom stereocenters. The van der Waals surface area contributed by atoms with Gasteiger partial charge in [-0.3, -0.25) is 4.79 Å². The number of hydrogen-bond donors (Lipinski definition) is 3. The molecular weight excluding hydrogens is 344 g/mol. The van der Waals surface area contributed by atoms with Crippen LogP contribution in [0.3, 0.4) is 0 Å². The summed E-state index contributed by atoms with van der Waals surface area (Å²) in [6.07, 6.45) is -0.988. The third-order valence-electron chi connectivity index (χ3n) is 4.85. The fraction of sp³-hybridized carbons (Fsp3) is 0.381. The average Bonchev–Trinajstić information content (AvgIpc) is 2.64. The maximum Gasteiger partial charge on any atom is 0.251 e. The first-order valence-corrected chi connectivity index (χ1v) is 8.93. The molecule has 1 amide bonds. The Hall–Kier alpha value is -2.41. The summed E-state index contributed by atoms with van der Waals surface area (Å²) in [5.41, 5.74) is 7.39. The second-order valence-corrected chi connectivity index (χ2v) is 7.64. The molecule has 27 heavy (non-hydrogen) atoms. The summed E-state index contributed by atoms with van der Waals surface area (Å²) < 4.78 is 11.4. The van der Waals surface area contributed by atoms with E-state index in [1.165, 1.54) is 0 Å². The predicted octanol–water partition coefficient (Wildman–Crippen LogP) is 2.97. The van der Waals surface area contributed by atoms with Crippen molar-refractivity contribution in [3.05, 3.63) is 54.1 Å². The number of nitrogens with one attached hydrogen (secondary N) is 1. The third-order valence-corrected chi connectivity index (χ3v) is 4.85. The van der Waals surface area contributed by atoms with E-state index < -0.39 is 23.3 Å². The molecule has 1 aliphatic heterocycles. The molecule has 1 atom stereocenters. The number of rotatable bonds is 5. The smallest absolute Gasteiger partial charge is 0.251 e. The van der Waals surface area contributed by atoms with Gasteiger partial charge in [0.15, 0.2) is 5.79 Å². The summed E-state index contributed by atoms with van der Waals surface area (Å²) >= 11 is 0. The molecule has 6 heteroatoms. The third kappa shape index (κ3) is 4.13. The van der Waals surface area contributed by atoms with Crippen molar-refractivity contribution >= 4 is 11.6 Å². The molecule has 1 saturated heterocycles. The van der Waals surface area contributed by atoms with E-state index in [0.29, 0.717) is 30.0 Å². The Kier molecular flexibility index (Phi) is 5.24. The lowest BCUT2D eigenvalue weighted by atomic mass is 9.88. The van der Waals surface area contributed by atoms with Crippen LogP contribution in [-0.2, 0) is 9.47 Å². The molecule has 1 fully saturated rings. The minimum absolute atomic E-state index is 0.318. The predicted molar refractivity (Wildman–Crippen MR) is 104 cm³/mol. The van der Waals surface area contributed by atoms with Gasteiger partial charge in [0.2, 0.25) is 0 Å². The highest BCUT2D eigenvalue weighted by Crippen LogP contribution is 2.35. The fourth-order valence-corrected chi connectivity index (χ4v) is 3.04. The van der Waals surface area contributed by atoms with Crippen molar-refractivity contribution in [2.45, 2.75) is 32.8 Å². The van der Waals surface area contributed by atoms with Crippen LogP contribution < -0.4 is 11.1 Å². The summed E-state index contributed by atoms with van der Waals surface area (Å²) in [5.74, 6) is -1.24. The molecule has 2 aromatic rings. The molecule has 1 aliphatic rings. The first-order valence-electron chi connectivity index (χ1n) is 8.93. The Labute approximate surface area is 159 Å². The first kappa shape index (κ1) is 19.4. The highest BCUT2D eigenvalue weighted by Gasteiger charge is 2.42. The largest absolute Gasteiger partial charge is 0.373 e. The van der Waals surface area contributed by atoms with E-state index in [1.54, 1.807) is 6.07 Å². The van der Waals surface area contributed by atoms with E-state index in [2.05, 4.69) is 5.32 Å². The van der Waals surface area contributed by atoms with Crippen LogP contribution in [0.15, 0.2) is 48.5 Å². The normalized spacial score (nSPS) is 19.3. The van der Waals surface area contributed by atoms with E-state index in [1.807, 2.05) is 63.2 Å². The average molecular weight is 370 g/mol. The Balaban J connectivity index is 1.90. The second-order valence-electron chi connectivity index (χ2n) is 7.64. The van der Waals surface area contributed by atoms with Crippen molar-refractivity contribution in [2.24, 2.45) is 11.1 Å². The van der Waals surface area contributed by atoms with Crippen molar-refractivity contribution in [2.75, 3.05) is 18.5 Å². The van der Waals surface area contributed by atoms with Crippen molar-refractivity contribution in [1.29, 1.82) is 0 Å². The molecular formula is C21H26N2O4. The molecule has 0 spiro atoms. The van der Waals surface area contributed by atoms with Gasteiger partial charge in [0, 0.05) is 5.69 Å². The van der Waals surface area contributed by atoms with Crippen LogP contribution in [0, 0.1) is 5.41 Å². The summed E-state index contributed by atoms with van der Waals surface area (Å²) in [6.45, 7) is 6.17. The van der Waals surface area contributed by atoms with Crippen LogP contribution in [0.5, 0.6) is 0 Å². The minimum Gasteiger partial charge on any atom is -0.373 e. The van der Waals surface area contributed by atoms with Crippen LogP contribution in [0.1, 0.15) is 31.1 Å². The fourth-order valence-electron chi connectivity index (χ4n) is 3.04. The summed E-state index contributed by atoms with van der Waals surface area (Å²) in [6, 6.07) is 14.9. The van der Waals surface area contributed by atoms with E-state index in [-0.39, 0.29) is 0 Å². The number of ether oxygens (including phenoxy) is 2. The zero-order valence-electron chi connectivity index (χ0n) is 15.9. The molecule has 3 rings (SSSR count). The highest BCUT2D eigenvalue weighted by atomic mass is 16.7. The van der Waals surface area contributed by atoms with Crippen LogP contribution in [0.25, 0.3) is 11.1 Å². The van der Waals surface area contributed by atoms with Crippen LogP contribution in [0.4, 0.5) is 5.69 Å². The topological polar surface area (TPSA) is 93.8 Å². The number of nitrogens with two attached hydrogens (primary N) is 1. The van der Waals surface area contributed by atoms with Gasteiger partial charge in [-0.2, -0.15) is 0 Å². The zero-order chi connectivity index (χ0) is 19.7. The number of carbonyl (C=O) groups is 1. The lowest BCUT2D eigenvalue weighted by molar-refractivity contribution is -0.293. The number of anilines is 1. The Morgan fingerprint density at radius 2 is 1.70 bits per heavy atom.